The normalized spacial score (nSPS) is 12.7. The highest BCUT2D eigenvalue weighted by Gasteiger charge is 2.30. The Morgan fingerprint density at radius 1 is 1.00 bits per heavy atom. The molecule has 0 aliphatic carbocycles. The third-order valence-electron chi connectivity index (χ3n) is 3.52. The third kappa shape index (κ3) is 1.15. The molecule has 0 spiro atoms. The largest absolute Gasteiger partial charge is 0.508 e. The van der Waals surface area contributed by atoms with Crippen molar-refractivity contribution in [1.82, 2.24) is 4.57 Å². The standard InChI is InChI=1S/C15H9NO3/c17-9-4-5-11-8(6-9)7-12-10-2-1-3-13(18)14(10)15(19)16(11)12/h1-7,17-18H. The van der Waals surface area contributed by atoms with E-state index in [-0.39, 0.29) is 17.4 Å². The molecule has 0 bridgehead atoms. The molecule has 0 saturated heterocycles. The zero-order chi connectivity index (χ0) is 13.1. The molecule has 0 saturated carbocycles. The second kappa shape index (κ2) is 3.17. The topological polar surface area (TPSA) is 62.5 Å². The fraction of sp³-hybridized carbons (Fsp3) is 0. The Kier molecular flexibility index (Phi) is 1.70. The molecule has 0 fully saturated rings. The molecule has 4 heteroatoms. The first kappa shape index (κ1) is 10.2. The van der Waals surface area contributed by atoms with Crippen molar-refractivity contribution in [1.29, 1.82) is 0 Å². The van der Waals surface area contributed by atoms with Crippen LogP contribution in [0.1, 0.15) is 10.4 Å². The van der Waals surface area contributed by atoms with Crippen molar-refractivity contribution < 1.29 is 15.0 Å². The van der Waals surface area contributed by atoms with E-state index < -0.39 is 0 Å². The van der Waals surface area contributed by atoms with Gasteiger partial charge in [0, 0.05) is 10.9 Å². The molecule has 92 valence electrons. The van der Waals surface area contributed by atoms with Crippen LogP contribution in [0.4, 0.5) is 0 Å². The van der Waals surface area contributed by atoms with Crippen LogP contribution in [-0.4, -0.2) is 20.7 Å². The fourth-order valence-corrected chi connectivity index (χ4v) is 2.71. The molecule has 1 aromatic heterocycles. The Morgan fingerprint density at radius 2 is 1.84 bits per heavy atom. The molecule has 19 heavy (non-hydrogen) atoms. The average molecular weight is 251 g/mol. The van der Waals surface area contributed by atoms with Gasteiger partial charge in [-0.2, -0.15) is 0 Å². The fourth-order valence-electron chi connectivity index (χ4n) is 2.71. The number of benzene rings is 2. The summed E-state index contributed by atoms with van der Waals surface area (Å²) in [5.41, 5.74) is 2.54. The van der Waals surface area contributed by atoms with Gasteiger partial charge < -0.3 is 10.2 Å². The Bertz CT molecular complexity index is 861. The number of nitrogens with zero attached hydrogens (tertiary/aromatic N) is 1. The summed E-state index contributed by atoms with van der Waals surface area (Å²) in [7, 11) is 0. The minimum Gasteiger partial charge on any atom is -0.508 e. The van der Waals surface area contributed by atoms with E-state index >= 15 is 0 Å². The van der Waals surface area contributed by atoms with Crippen LogP contribution in [0.3, 0.4) is 0 Å². The van der Waals surface area contributed by atoms with E-state index in [0.717, 1.165) is 22.2 Å². The number of phenolic OH excluding ortho intramolecular Hbond substituents is 2. The Balaban J connectivity index is 2.15. The number of hydrogen-bond acceptors (Lipinski definition) is 3. The van der Waals surface area contributed by atoms with Gasteiger partial charge in [0.2, 0.25) is 0 Å². The van der Waals surface area contributed by atoms with Gasteiger partial charge in [0.15, 0.2) is 0 Å². The van der Waals surface area contributed by atoms with E-state index in [2.05, 4.69) is 0 Å². The quantitative estimate of drug-likeness (QED) is 0.505. The molecule has 1 aliphatic heterocycles. The van der Waals surface area contributed by atoms with Crippen molar-refractivity contribution in [3.8, 4) is 22.8 Å². The molecule has 0 atom stereocenters. The SMILES string of the molecule is O=C1c2c(O)cccc2-c2cc3cc(O)ccc3n21. The number of rotatable bonds is 0. The van der Waals surface area contributed by atoms with Gasteiger partial charge in [0.1, 0.15) is 11.5 Å². The molecule has 3 aromatic rings. The van der Waals surface area contributed by atoms with Crippen LogP contribution < -0.4 is 0 Å². The van der Waals surface area contributed by atoms with Crippen LogP contribution in [0.25, 0.3) is 22.2 Å². The monoisotopic (exact) mass is 251 g/mol. The van der Waals surface area contributed by atoms with Crippen LogP contribution in [0.15, 0.2) is 42.5 Å². The van der Waals surface area contributed by atoms with E-state index in [4.69, 9.17) is 0 Å². The van der Waals surface area contributed by atoms with E-state index in [1.165, 1.54) is 6.07 Å². The summed E-state index contributed by atoms with van der Waals surface area (Å²) in [6, 6.07) is 11.8. The molecule has 2 heterocycles. The van der Waals surface area contributed by atoms with Crippen molar-refractivity contribution in [2.45, 2.75) is 0 Å². The number of aromatic nitrogens is 1. The lowest BCUT2D eigenvalue weighted by atomic mass is 10.1. The summed E-state index contributed by atoms with van der Waals surface area (Å²) >= 11 is 0. The Hall–Kier alpha value is -2.75. The first-order valence-corrected chi connectivity index (χ1v) is 5.88. The van der Waals surface area contributed by atoms with Crippen molar-refractivity contribution in [3.63, 3.8) is 0 Å². The average Bonchev–Trinajstić information content (AvgIpc) is 2.87. The van der Waals surface area contributed by atoms with Crippen molar-refractivity contribution in [2.75, 3.05) is 0 Å². The van der Waals surface area contributed by atoms with E-state index in [1.807, 2.05) is 12.1 Å². The van der Waals surface area contributed by atoms with Crippen molar-refractivity contribution in [3.05, 3.63) is 48.0 Å². The summed E-state index contributed by atoms with van der Waals surface area (Å²) in [6.45, 7) is 0. The van der Waals surface area contributed by atoms with Crippen molar-refractivity contribution >= 4 is 16.8 Å². The van der Waals surface area contributed by atoms with Crippen molar-refractivity contribution in [2.24, 2.45) is 0 Å². The maximum absolute atomic E-state index is 12.4. The lowest BCUT2D eigenvalue weighted by Gasteiger charge is -2.01. The van der Waals surface area contributed by atoms with Crippen LogP contribution >= 0.6 is 0 Å². The first-order chi connectivity index (χ1) is 9.16. The van der Waals surface area contributed by atoms with Gasteiger partial charge >= 0.3 is 0 Å². The zero-order valence-electron chi connectivity index (χ0n) is 9.79. The lowest BCUT2D eigenvalue weighted by Crippen LogP contribution is -2.05. The summed E-state index contributed by atoms with van der Waals surface area (Å²) in [5.74, 6) is -0.0673. The molecule has 1 aliphatic rings. The first-order valence-electron chi connectivity index (χ1n) is 5.88. The third-order valence-corrected chi connectivity index (χ3v) is 3.52. The molecule has 0 unspecified atom stereocenters. The molecular weight excluding hydrogens is 242 g/mol. The van der Waals surface area contributed by atoms with Gasteiger partial charge in [-0.05, 0) is 30.3 Å². The zero-order valence-corrected chi connectivity index (χ0v) is 9.79. The number of aromatic hydroxyl groups is 2. The number of carbonyl (C=O) groups is 1. The Morgan fingerprint density at radius 3 is 2.68 bits per heavy atom. The second-order valence-corrected chi connectivity index (χ2v) is 4.61. The minimum atomic E-state index is -0.233. The predicted octanol–water partition coefficient (Wildman–Crippen LogP) is 2.72. The molecule has 0 radical (unpaired) electrons. The maximum Gasteiger partial charge on any atom is 0.267 e. The Labute approximate surface area is 108 Å². The summed E-state index contributed by atoms with van der Waals surface area (Å²) in [4.78, 5) is 12.4. The van der Waals surface area contributed by atoms with Crippen LogP contribution in [0, 0.1) is 0 Å². The molecule has 2 aromatic carbocycles. The summed E-state index contributed by atoms with van der Waals surface area (Å²) in [6.07, 6.45) is 0. The van der Waals surface area contributed by atoms with E-state index in [1.54, 1.807) is 28.8 Å². The number of fused-ring (bicyclic) bond motifs is 5. The highest BCUT2D eigenvalue weighted by atomic mass is 16.3. The molecule has 0 amide bonds. The molecule has 2 N–H and O–H groups in total. The molecule has 4 rings (SSSR count). The maximum atomic E-state index is 12.4. The van der Waals surface area contributed by atoms with Gasteiger partial charge in [-0.3, -0.25) is 9.36 Å². The van der Waals surface area contributed by atoms with E-state index in [0.29, 0.717) is 5.56 Å². The van der Waals surface area contributed by atoms with E-state index in [9.17, 15) is 15.0 Å². The van der Waals surface area contributed by atoms with Crippen LogP contribution in [0.5, 0.6) is 11.5 Å². The van der Waals surface area contributed by atoms with Crippen LogP contribution in [0.2, 0.25) is 0 Å². The van der Waals surface area contributed by atoms with Gasteiger partial charge in [-0.1, -0.05) is 12.1 Å². The summed E-state index contributed by atoms with van der Waals surface area (Å²) in [5, 5.41) is 20.1. The number of hydrogen-bond donors (Lipinski definition) is 2. The highest BCUT2D eigenvalue weighted by molar-refractivity contribution is 6.16. The predicted molar refractivity (Wildman–Crippen MR) is 70.4 cm³/mol. The van der Waals surface area contributed by atoms with Gasteiger partial charge in [0.05, 0.1) is 16.8 Å². The van der Waals surface area contributed by atoms with Gasteiger partial charge in [-0.25, -0.2) is 0 Å². The molecule has 4 nitrogen and oxygen atoms in total. The smallest absolute Gasteiger partial charge is 0.267 e. The summed E-state index contributed by atoms with van der Waals surface area (Å²) < 4.78 is 1.57. The van der Waals surface area contributed by atoms with Crippen LogP contribution in [-0.2, 0) is 0 Å². The highest BCUT2D eigenvalue weighted by Crippen LogP contribution is 2.41. The second-order valence-electron chi connectivity index (χ2n) is 4.61. The number of carbonyl (C=O) groups excluding carboxylic acids is 1. The van der Waals surface area contributed by atoms with Gasteiger partial charge in [0.25, 0.3) is 5.91 Å². The van der Waals surface area contributed by atoms with Gasteiger partial charge in [-0.15, -0.1) is 0 Å². The lowest BCUT2D eigenvalue weighted by molar-refractivity contribution is 0.0971. The number of phenols is 2. The molecular formula is C15H9NO3. The minimum absolute atomic E-state index is 0.00173.